The van der Waals surface area contributed by atoms with E-state index in [-0.39, 0.29) is 6.03 Å². The number of amides is 2. The van der Waals surface area contributed by atoms with Crippen molar-refractivity contribution in [3.63, 3.8) is 0 Å². The second-order valence-corrected chi connectivity index (χ2v) is 5.75. The van der Waals surface area contributed by atoms with E-state index in [1.165, 1.54) is 12.8 Å². The fourth-order valence-corrected chi connectivity index (χ4v) is 2.74. The molecule has 5 heteroatoms. The number of rotatable bonds is 8. The zero-order chi connectivity index (χ0) is 15.0. The number of carboxylic acid groups (broad SMARTS) is 1. The highest BCUT2D eigenvalue weighted by Crippen LogP contribution is 2.17. The second-order valence-electron chi connectivity index (χ2n) is 5.75. The molecule has 0 aliphatic carbocycles. The molecule has 0 aromatic carbocycles. The van der Waals surface area contributed by atoms with Crippen LogP contribution < -0.4 is 5.32 Å². The zero-order valence-corrected chi connectivity index (χ0v) is 12.7. The van der Waals surface area contributed by atoms with E-state index < -0.39 is 11.9 Å². The van der Waals surface area contributed by atoms with Crippen LogP contribution in [0.5, 0.6) is 0 Å². The number of nitrogens with one attached hydrogen (secondary N) is 1. The summed E-state index contributed by atoms with van der Waals surface area (Å²) in [5, 5.41) is 11.9. The van der Waals surface area contributed by atoms with Gasteiger partial charge in [-0.3, -0.25) is 4.79 Å². The summed E-state index contributed by atoms with van der Waals surface area (Å²) in [5.41, 5.74) is 0. The van der Waals surface area contributed by atoms with Crippen LogP contribution in [0, 0.1) is 11.8 Å². The Morgan fingerprint density at radius 3 is 2.60 bits per heavy atom. The quantitative estimate of drug-likeness (QED) is 0.720. The van der Waals surface area contributed by atoms with Crippen LogP contribution in [0.1, 0.15) is 52.4 Å². The maximum absolute atomic E-state index is 12.0. The number of hydrogen-bond donors (Lipinski definition) is 2. The number of aliphatic carboxylic acids is 1. The van der Waals surface area contributed by atoms with Crippen molar-refractivity contribution in [2.24, 2.45) is 11.8 Å². The lowest BCUT2D eigenvalue weighted by atomic mass is 9.97. The molecule has 0 radical (unpaired) electrons. The minimum absolute atomic E-state index is 0.105. The fourth-order valence-electron chi connectivity index (χ4n) is 2.74. The van der Waals surface area contributed by atoms with Gasteiger partial charge in [0.15, 0.2) is 0 Å². The molecule has 0 bridgehead atoms. The maximum atomic E-state index is 12.0. The third-order valence-electron chi connectivity index (χ3n) is 4.03. The fraction of sp³-hybridized carbons (Fsp3) is 0.867. The van der Waals surface area contributed by atoms with Crippen molar-refractivity contribution in [1.29, 1.82) is 0 Å². The zero-order valence-electron chi connectivity index (χ0n) is 12.7. The molecule has 116 valence electrons. The highest BCUT2D eigenvalue weighted by molar-refractivity contribution is 5.77. The number of hydrogen-bond acceptors (Lipinski definition) is 2. The Hall–Kier alpha value is -1.26. The van der Waals surface area contributed by atoms with Gasteiger partial charge in [0.1, 0.15) is 0 Å². The smallest absolute Gasteiger partial charge is 0.317 e. The molecule has 2 atom stereocenters. The second kappa shape index (κ2) is 8.82. The van der Waals surface area contributed by atoms with Crippen LogP contribution in [0.15, 0.2) is 0 Å². The molecule has 0 aromatic heterocycles. The van der Waals surface area contributed by atoms with Gasteiger partial charge in [-0.05, 0) is 25.2 Å². The first kappa shape index (κ1) is 16.8. The molecule has 5 nitrogen and oxygen atoms in total. The Kier molecular flexibility index (Phi) is 7.41. The summed E-state index contributed by atoms with van der Waals surface area (Å²) in [5.74, 6) is -0.652. The predicted molar refractivity (Wildman–Crippen MR) is 78.6 cm³/mol. The van der Waals surface area contributed by atoms with Crippen molar-refractivity contribution in [3.8, 4) is 0 Å². The Balaban J connectivity index is 2.32. The number of carbonyl (C=O) groups excluding carboxylic acids is 1. The van der Waals surface area contributed by atoms with E-state index in [4.69, 9.17) is 5.11 Å². The number of nitrogens with zero attached hydrogens (tertiary/aromatic N) is 1. The molecule has 1 aliphatic rings. The SMILES string of the molecule is CCCCC(CCC)CNC(=O)N1CCC(C(=O)O)C1. The Morgan fingerprint density at radius 2 is 2.05 bits per heavy atom. The topological polar surface area (TPSA) is 69.6 Å². The normalized spacial score (nSPS) is 19.9. The van der Waals surface area contributed by atoms with Crippen molar-refractivity contribution in [1.82, 2.24) is 10.2 Å². The summed E-state index contributed by atoms with van der Waals surface area (Å²) in [6.07, 6.45) is 6.37. The van der Waals surface area contributed by atoms with Crippen molar-refractivity contribution >= 4 is 12.0 Å². The maximum Gasteiger partial charge on any atom is 0.317 e. The van der Waals surface area contributed by atoms with Crippen LogP contribution in [0.25, 0.3) is 0 Å². The van der Waals surface area contributed by atoms with Crippen LogP contribution in [-0.4, -0.2) is 41.6 Å². The van der Waals surface area contributed by atoms with Crippen LogP contribution in [0.3, 0.4) is 0 Å². The number of likely N-dealkylation sites (tertiary alicyclic amines) is 1. The predicted octanol–water partition coefficient (Wildman–Crippen LogP) is 2.71. The van der Waals surface area contributed by atoms with E-state index in [2.05, 4.69) is 19.2 Å². The molecule has 1 fully saturated rings. The summed E-state index contributed by atoms with van der Waals surface area (Å²) in [4.78, 5) is 24.5. The molecule has 1 heterocycles. The summed E-state index contributed by atoms with van der Waals surface area (Å²) in [6, 6.07) is -0.105. The van der Waals surface area contributed by atoms with Crippen molar-refractivity contribution in [2.75, 3.05) is 19.6 Å². The molecule has 0 aromatic rings. The molecule has 1 aliphatic heterocycles. The van der Waals surface area contributed by atoms with E-state index in [0.29, 0.717) is 32.0 Å². The lowest BCUT2D eigenvalue weighted by Crippen LogP contribution is -2.41. The molecule has 20 heavy (non-hydrogen) atoms. The van der Waals surface area contributed by atoms with Crippen molar-refractivity contribution < 1.29 is 14.7 Å². The Morgan fingerprint density at radius 1 is 1.30 bits per heavy atom. The Bertz CT molecular complexity index is 320. The molecule has 0 saturated carbocycles. The van der Waals surface area contributed by atoms with Gasteiger partial charge in [-0.1, -0.05) is 33.1 Å². The Labute approximate surface area is 121 Å². The lowest BCUT2D eigenvalue weighted by Gasteiger charge is -2.21. The molecule has 2 unspecified atom stereocenters. The average molecular weight is 284 g/mol. The van der Waals surface area contributed by atoms with Gasteiger partial charge in [0.2, 0.25) is 0 Å². The molecular weight excluding hydrogens is 256 g/mol. The van der Waals surface area contributed by atoms with Crippen LogP contribution in [0.4, 0.5) is 4.79 Å². The first-order valence-corrected chi connectivity index (χ1v) is 7.84. The molecule has 1 rings (SSSR count). The summed E-state index contributed by atoms with van der Waals surface area (Å²) >= 11 is 0. The van der Waals surface area contributed by atoms with Crippen LogP contribution in [0.2, 0.25) is 0 Å². The summed E-state index contributed by atoms with van der Waals surface area (Å²) < 4.78 is 0. The monoisotopic (exact) mass is 284 g/mol. The number of carbonyl (C=O) groups is 2. The van der Waals surface area contributed by atoms with Gasteiger partial charge in [0.05, 0.1) is 5.92 Å². The van der Waals surface area contributed by atoms with E-state index in [9.17, 15) is 9.59 Å². The van der Waals surface area contributed by atoms with Crippen molar-refractivity contribution in [2.45, 2.75) is 52.4 Å². The largest absolute Gasteiger partial charge is 0.481 e. The standard InChI is InChI=1S/C15H28N2O3/c1-3-5-7-12(6-4-2)10-16-15(20)17-9-8-13(11-17)14(18)19/h12-13H,3-11H2,1-2H3,(H,16,20)(H,18,19). The van der Waals surface area contributed by atoms with Gasteiger partial charge >= 0.3 is 12.0 Å². The first-order valence-electron chi connectivity index (χ1n) is 7.84. The van der Waals surface area contributed by atoms with E-state index in [1.54, 1.807) is 4.90 Å². The van der Waals surface area contributed by atoms with Gasteiger partial charge in [0, 0.05) is 19.6 Å². The minimum Gasteiger partial charge on any atom is -0.481 e. The molecule has 1 saturated heterocycles. The molecule has 0 spiro atoms. The molecule has 2 N–H and O–H groups in total. The number of urea groups is 1. The van der Waals surface area contributed by atoms with Crippen molar-refractivity contribution in [3.05, 3.63) is 0 Å². The lowest BCUT2D eigenvalue weighted by molar-refractivity contribution is -0.141. The van der Waals surface area contributed by atoms with Gasteiger partial charge in [-0.15, -0.1) is 0 Å². The highest BCUT2D eigenvalue weighted by atomic mass is 16.4. The third-order valence-corrected chi connectivity index (χ3v) is 4.03. The van der Waals surface area contributed by atoms with Gasteiger partial charge in [-0.2, -0.15) is 0 Å². The number of carboxylic acids is 1. The highest BCUT2D eigenvalue weighted by Gasteiger charge is 2.30. The summed E-state index contributed by atoms with van der Waals surface area (Å²) in [6.45, 7) is 5.95. The average Bonchev–Trinajstić information content (AvgIpc) is 2.91. The van der Waals surface area contributed by atoms with E-state index >= 15 is 0 Å². The molecule has 2 amide bonds. The van der Waals surface area contributed by atoms with Gasteiger partial charge in [-0.25, -0.2) is 4.79 Å². The van der Waals surface area contributed by atoms with Gasteiger partial charge < -0.3 is 15.3 Å². The van der Waals surface area contributed by atoms with E-state index in [1.807, 2.05) is 0 Å². The van der Waals surface area contributed by atoms with E-state index in [0.717, 1.165) is 19.3 Å². The van der Waals surface area contributed by atoms with Crippen LogP contribution in [-0.2, 0) is 4.79 Å². The number of unbranched alkanes of at least 4 members (excludes halogenated alkanes) is 1. The molecular formula is C15H28N2O3. The third kappa shape index (κ3) is 5.39. The summed E-state index contributed by atoms with van der Waals surface area (Å²) in [7, 11) is 0. The minimum atomic E-state index is -0.799. The van der Waals surface area contributed by atoms with Crippen LogP contribution >= 0.6 is 0 Å². The first-order chi connectivity index (χ1) is 9.58. The van der Waals surface area contributed by atoms with Gasteiger partial charge in [0.25, 0.3) is 0 Å².